The van der Waals surface area contributed by atoms with Gasteiger partial charge < -0.3 is 19.6 Å². The molecule has 9 nitrogen and oxygen atoms in total. The van der Waals surface area contributed by atoms with Crippen molar-refractivity contribution in [2.75, 3.05) is 19.1 Å². The number of esters is 2. The van der Waals surface area contributed by atoms with Gasteiger partial charge in [-0.3, -0.25) is 4.90 Å². The lowest BCUT2D eigenvalue weighted by molar-refractivity contribution is -0.139. The number of ether oxygens (including phenoxy) is 2. The molecule has 2 heterocycles. The number of allylic oxidation sites excluding steroid dienone is 1. The van der Waals surface area contributed by atoms with Crippen molar-refractivity contribution in [1.82, 2.24) is 4.98 Å². The molecule has 10 heteroatoms. The van der Waals surface area contributed by atoms with Crippen molar-refractivity contribution in [3.05, 3.63) is 106 Å². The number of aromatic nitrogens is 1. The molecule has 0 amide bonds. The minimum absolute atomic E-state index is 0.0244. The first-order valence-corrected chi connectivity index (χ1v) is 12.1. The van der Waals surface area contributed by atoms with Crippen LogP contribution in [0.15, 0.2) is 99.9 Å². The van der Waals surface area contributed by atoms with Crippen molar-refractivity contribution >= 4 is 40.3 Å². The number of oxazole rings is 1. The molecule has 0 saturated heterocycles. The Balaban J connectivity index is 1.67. The van der Waals surface area contributed by atoms with Crippen LogP contribution < -0.4 is 10.6 Å². The molecular formula is C29H21ClN4O5. The van der Waals surface area contributed by atoms with Gasteiger partial charge in [0.05, 0.1) is 37.4 Å². The maximum Gasteiger partial charge on any atom is 0.355 e. The number of halogens is 1. The van der Waals surface area contributed by atoms with E-state index in [1.165, 1.54) is 19.1 Å². The predicted octanol–water partition coefficient (Wildman–Crippen LogP) is 5.05. The second-order valence-electron chi connectivity index (χ2n) is 8.51. The van der Waals surface area contributed by atoms with Crippen molar-refractivity contribution in [3.8, 4) is 17.5 Å². The average Bonchev–Trinajstić information content (AvgIpc) is 3.39. The molecule has 0 fully saturated rings. The lowest BCUT2D eigenvalue weighted by Gasteiger charge is -2.35. The van der Waals surface area contributed by atoms with Gasteiger partial charge in [0.15, 0.2) is 5.58 Å². The molecule has 0 spiro atoms. The van der Waals surface area contributed by atoms with E-state index in [4.69, 9.17) is 31.2 Å². The first-order chi connectivity index (χ1) is 18.9. The fraction of sp³-hybridized carbons (Fsp3) is 0.103. The van der Waals surface area contributed by atoms with Crippen molar-refractivity contribution < 1.29 is 23.5 Å². The molecule has 5 rings (SSSR count). The zero-order chi connectivity index (χ0) is 27.7. The highest BCUT2D eigenvalue weighted by atomic mass is 35.5. The normalized spacial score (nSPS) is 15.3. The number of methoxy groups -OCH3 is 2. The molecule has 194 valence electrons. The van der Waals surface area contributed by atoms with Crippen LogP contribution in [0.2, 0.25) is 5.02 Å². The number of hydrogen-bond acceptors (Lipinski definition) is 9. The second kappa shape index (κ2) is 10.4. The van der Waals surface area contributed by atoms with Gasteiger partial charge in [0.2, 0.25) is 5.89 Å². The smallest absolute Gasteiger partial charge is 0.355 e. The largest absolute Gasteiger partial charge is 0.466 e. The number of carbonyl (C=O) groups is 2. The molecule has 3 aromatic carbocycles. The molecule has 0 saturated carbocycles. The zero-order valence-electron chi connectivity index (χ0n) is 20.8. The fourth-order valence-corrected chi connectivity index (χ4v) is 4.73. The van der Waals surface area contributed by atoms with Gasteiger partial charge in [-0.2, -0.15) is 5.26 Å². The van der Waals surface area contributed by atoms with E-state index >= 15 is 0 Å². The molecule has 1 aliphatic rings. The molecule has 0 aliphatic carbocycles. The highest BCUT2D eigenvalue weighted by Gasteiger charge is 2.43. The minimum atomic E-state index is -0.945. The fourth-order valence-electron chi connectivity index (χ4n) is 4.56. The van der Waals surface area contributed by atoms with Crippen LogP contribution in [-0.2, 0) is 19.1 Å². The molecule has 0 bridgehead atoms. The molecule has 39 heavy (non-hydrogen) atoms. The number of rotatable bonds is 5. The molecule has 1 aromatic heterocycles. The van der Waals surface area contributed by atoms with Gasteiger partial charge >= 0.3 is 11.9 Å². The molecule has 1 unspecified atom stereocenters. The highest BCUT2D eigenvalue weighted by molar-refractivity contribution is 6.31. The monoisotopic (exact) mass is 540 g/mol. The number of nitrogens with zero attached hydrogens (tertiary/aromatic N) is 3. The first kappa shape index (κ1) is 25.6. The van der Waals surface area contributed by atoms with E-state index in [2.05, 4.69) is 11.1 Å². The topological polar surface area (TPSA) is 132 Å². The Morgan fingerprint density at radius 1 is 1.03 bits per heavy atom. The third-order valence-corrected chi connectivity index (χ3v) is 6.57. The highest BCUT2D eigenvalue weighted by Crippen LogP contribution is 2.43. The maximum atomic E-state index is 13.2. The Kier molecular flexibility index (Phi) is 6.79. The number of nitrogens with two attached hydrogens (primary N) is 1. The van der Waals surface area contributed by atoms with E-state index < -0.39 is 17.9 Å². The lowest BCUT2D eigenvalue weighted by atomic mass is 9.81. The molecule has 0 radical (unpaired) electrons. The van der Waals surface area contributed by atoms with E-state index in [1.54, 1.807) is 72.8 Å². The summed E-state index contributed by atoms with van der Waals surface area (Å²) in [5.74, 6) is -2.22. The molecule has 1 atom stereocenters. The Labute approximate surface area is 228 Å². The summed E-state index contributed by atoms with van der Waals surface area (Å²) in [6.45, 7) is 0. The van der Waals surface area contributed by atoms with Gasteiger partial charge in [0, 0.05) is 16.3 Å². The molecule has 1 aliphatic heterocycles. The van der Waals surface area contributed by atoms with Crippen LogP contribution in [0.4, 0.5) is 5.69 Å². The number of anilines is 1. The summed E-state index contributed by atoms with van der Waals surface area (Å²) in [6, 6.07) is 22.8. The summed E-state index contributed by atoms with van der Waals surface area (Å²) in [7, 11) is 2.40. The summed E-state index contributed by atoms with van der Waals surface area (Å²) in [5.41, 5.74) is 9.21. The molecule has 4 aromatic rings. The summed E-state index contributed by atoms with van der Waals surface area (Å²) in [5, 5.41) is 10.7. The Hall–Kier alpha value is -5.07. The van der Waals surface area contributed by atoms with Gasteiger partial charge in [0.1, 0.15) is 17.0 Å². The average molecular weight is 541 g/mol. The van der Waals surface area contributed by atoms with Gasteiger partial charge in [-0.1, -0.05) is 41.9 Å². The van der Waals surface area contributed by atoms with Crippen LogP contribution in [0.25, 0.3) is 22.6 Å². The quantitative estimate of drug-likeness (QED) is 0.345. The van der Waals surface area contributed by atoms with Crippen molar-refractivity contribution in [3.63, 3.8) is 0 Å². The third-order valence-electron chi connectivity index (χ3n) is 6.33. The van der Waals surface area contributed by atoms with E-state index in [1.807, 2.05) is 0 Å². The number of fused-ring (bicyclic) bond motifs is 1. The summed E-state index contributed by atoms with van der Waals surface area (Å²) < 4.78 is 16.0. The minimum Gasteiger partial charge on any atom is -0.466 e. The Bertz CT molecular complexity index is 1700. The van der Waals surface area contributed by atoms with Crippen LogP contribution in [0, 0.1) is 11.3 Å². The number of carbonyl (C=O) groups excluding carboxylic acids is 2. The van der Waals surface area contributed by atoms with E-state index in [9.17, 15) is 14.9 Å². The molecule has 2 N–H and O–H groups in total. The van der Waals surface area contributed by atoms with E-state index in [0.717, 1.165) is 0 Å². The SMILES string of the molecule is COC(=O)C1=C(C(=O)OC)N(c2ccc(-c3nc4cc(Cl)ccc4o3)cc2)C(N)=C(C#N)C1c1ccccc1. The predicted molar refractivity (Wildman–Crippen MR) is 144 cm³/mol. The van der Waals surface area contributed by atoms with Gasteiger partial charge in [0.25, 0.3) is 0 Å². The van der Waals surface area contributed by atoms with E-state index in [-0.39, 0.29) is 22.7 Å². The van der Waals surface area contributed by atoms with Gasteiger partial charge in [-0.15, -0.1) is 0 Å². The number of hydrogen-bond donors (Lipinski definition) is 1. The van der Waals surface area contributed by atoms with Crippen LogP contribution in [0.5, 0.6) is 0 Å². The standard InChI is InChI=1S/C29H21ClN4O5/c1-37-28(35)24-23(16-6-4-3-5-7-16)20(15-31)26(32)34(25(24)29(36)38-2)19-11-8-17(9-12-19)27-33-21-14-18(30)10-13-22(21)39-27/h3-14,23H,32H2,1-2H3. The summed E-state index contributed by atoms with van der Waals surface area (Å²) >= 11 is 6.06. The number of nitriles is 1. The van der Waals surface area contributed by atoms with Gasteiger partial charge in [-0.25, -0.2) is 14.6 Å². The van der Waals surface area contributed by atoms with Crippen LogP contribution >= 0.6 is 11.6 Å². The van der Waals surface area contributed by atoms with Crippen molar-refractivity contribution in [1.29, 1.82) is 5.26 Å². The maximum absolute atomic E-state index is 13.2. The zero-order valence-corrected chi connectivity index (χ0v) is 21.6. The third kappa shape index (κ3) is 4.47. The van der Waals surface area contributed by atoms with Crippen LogP contribution in [0.3, 0.4) is 0 Å². The number of benzene rings is 3. The summed E-state index contributed by atoms with van der Waals surface area (Å²) in [4.78, 5) is 32.2. The molecular weight excluding hydrogens is 520 g/mol. The second-order valence-corrected chi connectivity index (χ2v) is 8.95. The van der Waals surface area contributed by atoms with Crippen molar-refractivity contribution in [2.24, 2.45) is 5.73 Å². The van der Waals surface area contributed by atoms with E-state index in [0.29, 0.717) is 38.8 Å². The van der Waals surface area contributed by atoms with Crippen LogP contribution in [0.1, 0.15) is 11.5 Å². The van der Waals surface area contributed by atoms with Crippen molar-refractivity contribution in [2.45, 2.75) is 5.92 Å². The lowest BCUT2D eigenvalue weighted by Crippen LogP contribution is -2.40. The Morgan fingerprint density at radius 2 is 1.72 bits per heavy atom. The summed E-state index contributed by atoms with van der Waals surface area (Å²) in [6.07, 6.45) is 0. The first-order valence-electron chi connectivity index (χ1n) is 11.7. The van der Waals surface area contributed by atoms with Crippen LogP contribution in [-0.4, -0.2) is 31.1 Å². The Morgan fingerprint density at radius 3 is 2.36 bits per heavy atom. The van der Waals surface area contributed by atoms with Gasteiger partial charge in [-0.05, 0) is 48.0 Å².